The highest BCUT2D eigenvalue weighted by atomic mass is 19.2. The van der Waals surface area contributed by atoms with Crippen molar-refractivity contribution in [2.75, 3.05) is 13.7 Å². The highest BCUT2D eigenvalue weighted by molar-refractivity contribution is 5.35. The fraction of sp³-hybridized carbons (Fsp3) is 0.333. The molecule has 0 aromatic heterocycles. The zero-order valence-electron chi connectivity index (χ0n) is 7.31. The first-order valence-electron chi connectivity index (χ1n) is 3.91. The lowest BCUT2D eigenvalue weighted by Gasteiger charge is -2.08. The van der Waals surface area contributed by atoms with E-state index in [1.165, 1.54) is 13.2 Å². The van der Waals surface area contributed by atoms with E-state index in [4.69, 9.17) is 10.5 Å². The molecule has 2 N–H and O–H groups in total. The number of ether oxygens (including phenoxy) is 1. The van der Waals surface area contributed by atoms with Crippen LogP contribution >= 0.6 is 0 Å². The summed E-state index contributed by atoms with van der Waals surface area (Å²) in [5, 5.41) is 0. The van der Waals surface area contributed by atoms with Gasteiger partial charge in [-0.15, -0.1) is 0 Å². The van der Waals surface area contributed by atoms with E-state index < -0.39 is 11.6 Å². The third kappa shape index (κ3) is 1.95. The third-order valence-corrected chi connectivity index (χ3v) is 1.77. The summed E-state index contributed by atoms with van der Waals surface area (Å²) in [5.41, 5.74) is 5.46. The second kappa shape index (κ2) is 4.18. The van der Waals surface area contributed by atoms with Gasteiger partial charge in [0.2, 0.25) is 0 Å². The lowest BCUT2D eigenvalue weighted by Crippen LogP contribution is -2.07. The zero-order valence-corrected chi connectivity index (χ0v) is 7.31. The first-order chi connectivity index (χ1) is 6.20. The molecule has 2 nitrogen and oxygen atoms in total. The van der Waals surface area contributed by atoms with Crippen molar-refractivity contribution in [2.45, 2.75) is 6.42 Å². The molecule has 72 valence electrons. The minimum absolute atomic E-state index is 0.199. The topological polar surface area (TPSA) is 35.2 Å². The van der Waals surface area contributed by atoms with Gasteiger partial charge in [0.1, 0.15) is 5.75 Å². The predicted molar refractivity (Wildman–Crippen MR) is 45.7 cm³/mol. The number of methoxy groups -OCH3 is 1. The van der Waals surface area contributed by atoms with Crippen LogP contribution in [0.2, 0.25) is 0 Å². The van der Waals surface area contributed by atoms with E-state index in [9.17, 15) is 8.78 Å². The Morgan fingerprint density at radius 1 is 1.38 bits per heavy atom. The molecule has 0 atom stereocenters. The molecule has 1 aromatic carbocycles. The molecule has 0 aliphatic rings. The summed E-state index contributed by atoms with van der Waals surface area (Å²) in [5.74, 6) is -1.40. The Bertz CT molecular complexity index is 302. The van der Waals surface area contributed by atoms with Crippen LogP contribution in [-0.2, 0) is 6.42 Å². The van der Waals surface area contributed by atoms with Crippen LogP contribution in [0.5, 0.6) is 5.75 Å². The summed E-state index contributed by atoms with van der Waals surface area (Å²) in [7, 11) is 1.41. The van der Waals surface area contributed by atoms with Gasteiger partial charge in [-0.3, -0.25) is 0 Å². The average Bonchev–Trinajstić information content (AvgIpc) is 2.14. The van der Waals surface area contributed by atoms with Crippen LogP contribution in [0.25, 0.3) is 0 Å². The zero-order chi connectivity index (χ0) is 9.84. The molecule has 0 spiro atoms. The monoisotopic (exact) mass is 187 g/mol. The summed E-state index contributed by atoms with van der Waals surface area (Å²) in [6.45, 7) is 0.261. The average molecular weight is 187 g/mol. The fourth-order valence-electron chi connectivity index (χ4n) is 1.14. The molecule has 0 bridgehead atoms. The Hall–Kier alpha value is -1.16. The van der Waals surface area contributed by atoms with E-state index >= 15 is 0 Å². The molecule has 0 saturated carbocycles. The van der Waals surface area contributed by atoms with Crippen molar-refractivity contribution in [3.8, 4) is 5.75 Å². The molecule has 1 aromatic rings. The quantitative estimate of drug-likeness (QED) is 0.777. The van der Waals surface area contributed by atoms with Gasteiger partial charge in [-0.2, -0.15) is 0 Å². The number of hydrogen-bond acceptors (Lipinski definition) is 2. The Morgan fingerprint density at radius 2 is 2.08 bits per heavy atom. The van der Waals surface area contributed by atoms with Crippen LogP contribution in [0.3, 0.4) is 0 Å². The first-order valence-corrected chi connectivity index (χ1v) is 3.91. The van der Waals surface area contributed by atoms with Gasteiger partial charge in [-0.1, -0.05) is 0 Å². The van der Waals surface area contributed by atoms with Crippen LogP contribution in [0.4, 0.5) is 8.78 Å². The second-order valence-electron chi connectivity index (χ2n) is 2.58. The number of halogens is 2. The number of nitrogens with two attached hydrogens (primary N) is 1. The number of rotatable bonds is 3. The van der Waals surface area contributed by atoms with Crippen molar-refractivity contribution in [3.63, 3.8) is 0 Å². The van der Waals surface area contributed by atoms with Gasteiger partial charge in [0.15, 0.2) is 11.6 Å². The number of benzene rings is 1. The van der Waals surface area contributed by atoms with E-state index in [-0.39, 0.29) is 18.5 Å². The standard InChI is InChI=1S/C9H11F2NO/c1-13-8-3-2-7(10)9(11)6(8)4-5-12/h2-3H,4-5,12H2,1H3. The van der Waals surface area contributed by atoms with Crippen molar-refractivity contribution in [3.05, 3.63) is 29.3 Å². The van der Waals surface area contributed by atoms with Gasteiger partial charge in [0.05, 0.1) is 7.11 Å². The molecule has 0 aliphatic carbocycles. The van der Waals surface area contributed by atoms with Gasteiger partial charge >= 0.3 is 0 Å². The maximum Gasteiger partial charge on any atom is 0.165 e. The molecular formula is C9H11F2NO. The highest BCUT2D eigenvalue weighted by Gasteiger charge is 2.12. The lowest BCUT2D eigenvalue weighted by atomic mass is 10.1. The normalized spacial score (nSPS) is 10.2. The first kappa shape index (κ1) is 9.92. The summed E-state index contributed by atoms with van der Waals surface area (Å²) >= 11 is 0. The van der Waals surface area contributed by atoms with Crippen LogP contribution in [0, 0.1) is 11.6 Å². The lowest BCUT2D eigenvalue weighted by molar-refractivity contribution is 0.398. The molecule has 1 rings (SSSR count). The second-order valence-corrected chi connectivity index (χ2v) is 2.58. The molecule has 0 unspecified atom stereocenters. The van der Waals surface area contributed by atoms with Gasteiger partial charge in [-0.05, 0) is 25.1 Å². The molecule has 0 radical (unpaired) electrons. The van der Waals surface area contributed by atoms with Gasteiger partial charge in [-0.25, -0.2) is 8.78 Å². The van der Waals surface area contributed by atoms with Gasteiger partial charge in [0.25, 0.3) is 0 Å². The molecule has 0 heterocycles. The van der Waals surface area contributed by atoms with Crippen molar-refractivity contribution < 1.29 is 13.5 Å². The largest absolute Gasteiger partial charge is 0.496 e. The summed E-state index contributed by atoms with van der Waals surface area (Å²) in [6.07, 6.45) is 0.271. The predicted octanol–water partition coefficient (Wildman–Crippen LogP) is 1.47. The SMILES string of the molecule is COc1ccc(F)c(F)c1CCN. The maximum atomic E-state index is 13.1. The molecule has 13 heavy (non-hydrogen) atoms. The summed E-state index contributed by atoms with van der Waals surface area (Å²) < 4.78 is 30.7. The van der Waals surface area contributed by atoms with Crippen LogP contribution in [0.15, 0.2) is 12.1 Å². The van der Waals surface area contributed by atoms with Crippen molar-refractivity contribution in [1.29, 1.82) is 0 Å². The van der Waals surface area contributed by atoms with E-state index in [1.54, 1.807) is 0 Å². The molecule has 0 amide bonds. The van der Waals surface area contributed by atoms with Crippen molar-refractivity contribution in [1.82, 2.24) is 0 Å². The Kier molecular flexibility index (Phi) is 3.19. The minimum atomic E-state index is -0.871. The van der Waals surface area contributed by atoms with Gasteiger partial charge in [0, 0.05) is 5.56 Å². The van der Waals surface area contributed by atoms with Crippen molar-refractivity contribution in [2.24, 2.45) is 5.73 Å². The molecule has 0 saturated heterocycles. The number of hydrogen-bond donors (Lipinski definition) is 1. The van der Waals surface area contributed by atoms with Crippen LogP contribution in [-0.4, -0.2) is 13.7 Å². The van der Waals surface area contributed by atoms with E-state index in [0.717, 1.165) is 6.07 Å². The molecule has 4 heteroatoms. The molecule has 0 aliphatic heterocycles. The molecular weight excluding hydrogens is 176 g/mol. The summed E-state index contributed by atoms with van der Waals surface area (Å²) in [6, 6.07) is 2.43. The van der Waals surface area contributed by atoms with Crippen LogP contribution in [0.1, 0.15) is 5.56 Å². The Morgan fingerprint density at radius 3 is 2.62 bits per heavy atom. The van der Waals surface area contributed by atoms with E-state index in [2.05, 4.69) is 0 Å². The molecule has 0 fully saturated rings. The summed E-state index contributed by atoms with van der Waals surface area (Å²) in [4.78, 5) is 0. The highest BCUT2D eigenvalue weighted by Crippen LogP contribution is 2.23. The van der Waals surface area contributed by atoms with E-state index in [0.29, 0.717) is 5.75 Å². The smallest absolute Gasteiger partial charge is 0.165 e. The third-order valence-electron chi connectivity index (χ3n) is 1.77. The maximum absolute atomic E-state index is 13.1. The minimum Gasteiger partial charge on any atom is -0.496 e. The van der Waals surface area contributed by atoms with E-state index in [1.807, 2.05) is 0 Å². The van der Waals surface area contributed by atoms with Gasteiger partial charge < -0.3 is 10.5 Å². The van der Waals surface area contributed by atoms with Crippen molar-refractivity contribution >= 4 is 0 Å². The Balaban J connectivity index is 3.15. The Labute approximate surface area is 75.3 Å². The van der Waals surface area contributed by atoms with Crippen LogP contribution < -0.4 is 10.5 Å². The fourth-order valence-corrected chi connectivity index (χ4v) is 1.14.